The maximum absolute atomic E-state index is 12.8. The number of piperazine rings is 1. The standard InChI is InChI=1S/C19H25ClN4O2/c1-19(2,3)18-22-16(26-23-18)8-9-17(25)24-11-10-21-12-15(24)13-6-4-5-7-14(13)20/h4-7,15,21H,8-12H2,1-3H3. The van der Waals surface area contributed by atoms with Crippen molar-refractivity contribution in [3.8, 4) is 0 Å². The zero-order valence-electron chi connectivity index (χ0n) is 15.5. The largest absolute Gasteiger partial charge is 0.339 e. The molecule has 26 heavy (non-hydrogen) atoms. The minimum Gasteiger partial charge on any atom is -0.339 e. The van der Waals surface area contributed by atoms with Crippen molar-refractivity contribution in [2.75, 3.05) is 19.6 Å². The van der Waals surface area contributed by atoms with Gasteiger partial charge in [0.25, 0.3) is 0 Å². The summed E-state index contributed by atoms with van der Waals surface area (Å²) in [6.07, 6.45) is 0.786. The lowest BCUT2D eigenvalue weighted by atomic mass is 9.96. The molecule has 7 heteroatoms. The van der Waals surface area contributed by atoms with Gasteiger partial charge in [0.2, 0.25) is 11.8 Å². The summed E-state index contributed by atoms with van der Waals surface area (Å²) in [6, 6.07) is 7.63. The van der Waals surface area contributed by atoms with Crippen molar-refractivity contribution in [3.05, 3.63) is 46.6 Å². The van der Waals surface area contributed by atoms with Crippen molar-refractivity contribution in [2.45, 2.75) is 45.1 Å². The van der Waals surface area contributed by atoms with Crippen LogP contribution in [-0.4, -0.2) is 40.6 Å². The summed E-state index contributed by atoms with van der Waals surface area (Å²) >= 11 is 6.35. The van der Waals surface area contributed by atoms with Gasteiger partial charge in [0, 0.05) is 42.9 Å². The van der Waals surface area contributed by atoms with E-state index in [1.807, 2.05) is 49.9 Å². The quantitative estimate of drug-likeness (QED) is 0.887. The number of amides is 1. The summed E-state index contributed by atoms with van der Waals surface area (Å²) in [4.78, 5) is 19.1. The molecule has 3 rings (SSSR count). The molecule has 0 saturated carbocycles. The first-order chi connectivity index (χ1) is 12.4. The van der Waals surface area contributed by atoms with Gasteiger partial charge in [-0.05, 0) is 11.6 Å². The molecular formula is C19H25ClN4O2. The molecule has 1 fully saturated rings. The summed E-state index contributed by atoms with van der Waals surface area (Å²) in [7, 11) is 0. The van der Waals surface area contributed by atoms with E-state index < -0.39 is 0 Å². The summed E-state index contributed by atoms with van der Waals surface area (Å²) in [5.74, 6) is 1.25. The predicted octanol–water partition coefficient (Wildman–Crippen LogP) is 3.13. The van der Waals surface area contributed by atoms with Gasteiger partial charge in [-0.2, -0.15) is 4.98 Å². The molecule has 0 radical (unpaired) electrons. The number of benzene rings is 1. The molecule has 1 N–H and O–H groups in total. The first-order valence-electron chi connectivity index (χ1n) is 8.94. The van der Waals surface area contributed by atoms with Crippen LogP contribution >= 0.6 is 11.6 Å². The lowest BCUT2D eigenvalue weighted by Gasteiger charge is -2.37. The smallest absolute Gasteiger partial charge is 0.227 e. The molecule has 1 aromatic heterocycles. The zero-order chi connectivity index (χ0) is 18.7. The van der Waals surface area contributed by atoms with E-state index in [4.69, 9.17) is 16.1 Å². The van der Waals surface area contributed by atoms with Crippen LogP contribution in [0.2, 0.25) is 5.02 Å². The SMILES string of the molecule is CC(C)(C)c1noc(CCC(=O)N2CCNCC2c2ccccc2Cl)n1. The molecule has 0 bridgehead atoms. The van der Waals surface area contributed by atoms with E-state index in [1.54, 1.807) is 0 Å². The van der Waals surface area contributed by atoms with Gasteiger partial charge in [-0.25, -0.2) is 0 Å². The van der Waals surface area contributed by atoms with Gasteiger partial charge in [-0.3, -0.25) is 4.79 Å². The Balaban J connectivity index is 1.67. The van der Waals surface area contributed by atoms with E-state index in [9.17, 15) is 4.79 Å². The van der Waals surface area contributed by atoms with E-state index in [0.717, 1.165) is 12.1 Å². The highest BCUT2D eigenvalue weighted by atomic mass is 35.5. The lowest BCUT2D eigenvalue weighted by molar-refractivity contribution is -0.134. The molecule has 0 aliphatic carbocycles. The number of carbonyl (C=O) groups is 1. The highest BCUT2D eigenvalue weighted by molar-refractivity contribution is 6.31. The van der Waals surface area contributed by atoms with Crippen LogP contribution in [0.15, 0.2) is 28.8 Å². The van der Waals surface area contributed by atoms with E-state index in [0.29, 0.717) is 42.7 Å². The molecule has 140 valence electrons. The molecule has 2 aromatic rings. The van der Waals surface area contributed by atoms with Crippen LogP contribution in [0, 0.1) is 0 Å². The number of aromatic nitrogens is 2. The van der Waals surface area contributed by atoms with E-state index in [1.165, 1.54) is 0 Å². The van der Waals surface area contributed by atoms with Crippen LogP contribution in [0.1, 0.15) is 50.5 Å². The van der Waals surface area contributed by atoms with Gasteiger partial charge in [-0.1, -0.05) is 55.7 Å². The minimum absolute atomic E-state index is 0.0576. The molecule has 1 aromatic carbocycles. The van der Waals surface area contributed by atoms with Crippen LogP contribution < -0.4 is 5.32 Å². The van der Waals surface area contributed by atoms with Gasteiger partial charge < -0.3 is 14.7 Å². The molecule has 2 heterocycles. The van der Waals surface area contributed by atoms with E-state index >= 15 is 0 Å². The number of carbonyl (C=O) groups excluding carboxylic acids is 1. The van der Waals surface area contributed by atoms with Crippen molar-refractivity contribution < 1.29 is 9.32 Å². The number of nitrogens with zero attached hydrogens (tertiary/aromatic N) is 3. The Hall–Kier alpha value is -1.92. The van der Waals surface area contributed by atoms with E-state index in [2.05, 4.69) is 15.5 Å². The monoisotopic (exact) mass is 376 g/mol. The molecule has 0 spiro atoms. The molecule has 1 amide bonds. The summed E-state index contributed by atoms with van der Waals surface area (Å²) in [5, 5.41) is 8.05. The number of hydrogen-bond acceptors (Lipinski definition) is 5. The fourth-order valence-corrected chi connectivity index (χ4v) is 3.31. The molecule has 1 atom stereocenters. The third kappa shape index (κ3) is 4.24. The Morgan fingerprint density at radius 2 is 2.15 bits per heavy atom. The van der Waals surface area contributed by atoms with Crippen molar-refractivity contribution in [1.82, 2.24) is 20.4 Å². The maximum atomic E-state index is 12.8. The van der Waals surface area contributed by atoms with Crippen molar-refractivity contribution >= 4 is 17.5 Å². The molecule has 6 nitrogen and oxygen atoms in total. The van der Waals surface area contributed by atoms with Crippen molar-refractivity contribution in [1.29, 1.82) is 0 Å². The van der Waals surface area contributed by atoms with Crippen LogP contribution in [-0.2, 0) is 16.6 Å². The Morgan fingerprint density at radius 1 is 1.38 bits per heavy atom. The fourth-order valence-electron chi connectivity index (χ4n) is 3.04. The van der Waals surface area contributed by atoms with Crippen molar-refractivity contribution in [3.63, 3.8) is 0 Å². The number of halogens is 1. The van der Waals surface area contributed by atoms with Gasteiger partial charge in [0.1, 0.15) is 0 Å². The summed E-state index contributed by atoms with van der Waals surface area (Å²) < 4.78 is 5.29. The average molecular weight is 377 g/mol. The highest BCUT2D eigenvalue weighted by Gasteiger charge is 2.29. The predicted molar refractivity (Wildman–Crippen MR) is 100 cm³/mol. The van der Waals surface area contributed by atoms with Gasteiger partial charge in [0.15, 0.2) is 5.82 Å². The average Bonchev–Trinajstić information content (AvgIpc) is 3.10. The summed E-state index contributed by atoms with van der Waals surface area (Å²) in [5.41, 5.74) is 0.807. The van der Waals surface area contributed by atoms with Gasteiger partial charge >= 0.3 is 0 Å². The molecule has 1 aliphatic heterocycles. The first kappa shape index (κ1) is 18.9. The molecule has 1 aliphatic rings. The number of rotatable bonds is 4. The minimum atomic E-state index is -0.167. The number of aryl methyl sites for hydroxylation is 1. The third-order valence-electron chi connectivity index (χ3n) is 4.52. The topological polar surface area (TPSA) is 71.3 Å². The Kier molecular flexibility index (Phi) is 5.63. The normalized spacial score (nSPS) is 18.2. The fraction of sp³-hybridized carbons (Fsp3) is 0.526. The number of hydrogen-bond donors (Lipinski definition) is 1. The van der Waals surface area contributed by atoms with Gasteiger partial charge in [0.05, 0.1) is 6.04 Å². The van der Waals surface area contributed by atoms with Crippen LogP contribution in [0.25, 0.3) is 0 Å². The van der Waals surface area contributed by atoms with Crippen LogP contribution in [0.3, 0.4) is 0 Å². The van der Waals surface area contributed by atoms with Crippen LogP contribution in [0.4, 0.5) is 0 Å². The van der Waals surface area contributed by atoms with E-state index in [-0.39, 0.29) is 17.4 Å². The molecule has 1 saturated heterocycles. The Labute approximate surface area is 158 Å². The Morgan fingerprint density at radius 3 is 2.85 bits per heavy atom. The second-order valence-corrected chi connectivity index (χ2v) is 8.00. The second kappa shape index (κ2) is 7.76. The molecule has 1 unspecified atom stereocenters. The maximum Gasteiger partial charge on any atom is 0.227 e. The van der Waals surface area contributed by atoms with Gasteiger partial charge in [-0.15, -0.1) is 0 Å². The first-order valence-corrected chi connectivity index (χ1v) is 9.32. The highest BCUT2D eigenvalue weighted by Crippen LogP contribution is 2.29. The Bertz CT molecular complexity index is 769. The third-order valence-corrected chi connectivity index (χ3v) is 4.86. The molecular weight excluding hydrogens is 352 g/mol. The van der Waals surface area contributed by atoms with Crippen molar-refractivity contribution in [2.24, 2.45) is 0 Å². The summed E-state index contributed by atoms with van der Waals surface area (Å²) in [6.45, 7) is 8.22. The lowest BCUT2D eigenvalue weighted by Crippen LogP contribution is -2.48. The zero-order valence-corrected chi connectivity index (χ0v) is 16.2. The van der Waals surface area contributed by atoms with Crippen LogP contribution in [0.5, 0.6) is 0 Å². The second-order valence-electron chi connectivity index (χ2n) is 7.59. The number of nitrogens with one attached hydrogen (secondary N) is 1.